The number of halogens is 2. The van der Waals surface area contributed by atoms with E-state index < -0.39 is 0 Å². The molecule has 3 aromatic rings. The first-order chi connectivity index (χ1) is 13.3. The molecule has 0 aliphatic heterocycles. The fourth-order valence-electron chi connectivity index (χ4n) is 3.78. The molecule has 29 heavy (non-hydrogen) atoms. The van der Waals surface area contributed by atoms with Crippen molar-refractivity contribution < 1.29 is 49.0 Å². The molecule has 0 N–H and O–H groups in total. The van der Waals surface area contributed by atoms with Crippen molar-refractivity contribution in [2.24, 2.45) is 5.92 Å². The summed E-state index contributed by atoms with van der Waals surface area (Å²) in [7, 11) is 0. The average molecular weight is 503 g/mol. The molecular formula is C26H28Cl2Zr-2. The number of fused-ring (bicyclic) bond motifs is 3. The first-order valence-electron chi connectivity index (χ1n) is 10.1. The van der Waals surface area contributed by atoms with Crippen LogP contribution in [0.25, 0.3) is 21.5 Å². The SMILES string of the molecule is C[C](=[Zr+2])C1CCCCC1.[C-]1=CC=CC1.[Cl-].[Cl-].c1ccc2c(c1)[cH-]c1ccccc12. The van der Waals surface area contributed by atoms with Crippen molar-refractivity contribution in [3.8, 4) is 0 Å². The van der Waals surface area contributed by atoms with Crippen LogP contribution in [0.3, 0.4) is 0 Å². The summed E-state index contributed by atoms with van der Waals surface area (Å²) < 4.78 is 1.74. The number of allylic oxidation sites excluding steroid dienone is 4. The van der Waals surface area contributed by atoms with Gasteiger partial charge in [-0.3, -0.25) is 6.08 Å². The molecule has 0 spiro atoms. The molecule has 0 heterocycles. The molecule has 5 rings (SSSR count). The molecule has 2 aliphatic carbocycles. The summed E-state index contributed by atoms with van der Waals surface area (Å²) in [6.45, 7) is 2.31. The minimum absolute atomic E-state index is 0. The second kappa shape index (κ2) is 14.2. The maximum atomic E-state index is 2.99. The van der Waals surface area contributed by atoms with E-state index in [9.17, 15) is 0 Å². The average Bonchev–Trinajstić information content (AvgIpc) is 3.41. The Morgan fingerprint density at radius 1 is 0.897 bits per heavy atom. The number of benzene rings is 2. The minimum atomic E-state index is 0. The van der Waals surface area contributed by atoms with E-state index >= 15 is 0 Å². The summed E-state index contributed by atoms with van der Waals surface area (Å²) >= 11 is 1.66. The van der Waals surface area contributed by atoms with Crippen LogP contribution in [-0.4, -0.2) is 3.21 Å². The Labute approximate surface area is 203 Å². The zero-order chi connectivity index (χ0) is 18.9. The molecule has 0 radical (unpaired) electrons. The summed E-state index contributed by atoms with van der Waals surface area (Å²) in [5.41, 5.74) is 0. The van der Waals surface area contributed by atoms with Crippen molar-refractivity contribution in [1.82, 2.24) is 0 Å². The fraction of sp³-hybridized carbons (Fsp3) is 0.308. The standard InChI is InChI=1S/C13H9.C8H14.C5H5.2ClH.Zr/c1-3-7-12-10(5-1)9-11-6-2-4-8-13(11)12;1-2-8-6-4-3-5-7-8;1-2-4-5-3-1;;;/h1-9H;8H,3-7H2,1H3;1-3H,4H2;2*1H;/q-1;;-1;;;+2/p-2. The van der Waals surface area contributed by atoms with E-state index in [1.54, 1.807) is 27.4 Å². The second-order valence-electron chi connectivity index (χ2n) is 7.34. The molecule has 0 unspecified atom stereocenters. The van der Waals surface area contributed by atoms with Crippen molar-refractivity contribution in [1.29, 1.82) is 0 Å². The van der Waals surface area contributed by atoms with Crippen LogP contribution in [0.5, 0.6) is 0 Å². The van der Waals surface area contributed by atoms with Crippen molar-refractivity contribution in [2.75, 3.05) is 0 Å². The predicted molar refractivity (Wildman–Crippen MR) is 116 cm³/mol. The Morgan fingerprint density at radius 2 is 1.45 bits per heavy atom. The van der Waals surface area contributed by atoms with Gasteiger partial charge in [-0.2, -0.15) is 6.08 Å². The molecule has 0 atom stereocenters. The minimum Gasteiger partial charge on any atom is -1.00 e. The van der Waals surface area contributed by atoms with Gasteiger partial charge in [0.2, 0.25) is 0 Å². The van der Waals surface area contributed by atoms with E-state index in [0.717, 1.165) is 12.3 Å². The second-order valence-corrected chi connectivity index (χ2v) is 9.28. The maximum Gasteiger partial charge on any atom is -0.0771 e. The van der Waals surface area contributed by atoms with E-state index in [2.05, 4.69) is 73.7 Å². The van der Waals surface area contributed by atoms with E-state index in [-0.39, 0.29) is 24.8 Å². The van der Waals surface area contributed by atoms with Gasteiger partial charge in [-0.1, -0.05) is 36.4 Å². The maximum absolute atomic E-state index is 2.99. The Balaban J connectivity index is 0.000000231. The number of rotatable bonds is 1. The summed E-state index contributed by atoms with van der Waals surface area (Å²) in [5, 5.41) is 5.39. The third kappa shape index (κ3) is 8.05. The fourth-order valence-corrected chi connectivity index (χ4v) is 4.49. The molecular weight excluding hydrogens is 474 g/mol. The van der Waals surface area contributed by atoms with Gasteiger partial charge in [-0.15, -0.1) is 46.2 Å². The third-order valence-electron chi connectivity index (χ3n) is 5.33. The number of hydrogen-bond donors (Lipinski definition) is 0. The van der Waals surface area contributed by atoms with Gasteiger partial charge in [0.1, 0.15) is 0 Å². The van der Waals surface area contributed by atoms with Crippen LogP contribution in [0.4, 0.5) is 0 Å². The van der Waals surface area contributed by atoms with Gasteiger partial charge >= 0.3 is 72.4 Å². The Bertz CT molecular complexity index is 870. The summed E-state index contributed by atoms with van der Waals surface area (Å²) in [6, 6.07) is 19.3. The Hall–Kier alpha value is -0.877. The van der Waals surface area contributed by atoms with Gasteiger partial charge in [0.05, 0.1) is 0 Å². The summed E-state index contributed by atoms with van der Waals surface area (Å²) in [6.07, 6.45) is 17.4. The van der Waals surface area contributed by atoms with Gasteiger partial charge in [-0.05, 0) is 0 Å². The van der Waals surface area contributed by atoms with E-state index in [4.69, 9.17) is 0 Å². The van der Waals surface area contributed by atoms with Crippen LogP contribution in [-0.2, 0) is 24.2 Å². The number of hydrogen-bond acceptors (Lipinski definition) is 0. The first-order valence-corrected chi connectivity index (χ1v) is 11.3. The topological polar surface area (TPSA) is 0 Å². The zero-order valence-corrected chi connectivity index (χ0v) is 21.0. The monoisotopic (exact) mass is 500 g/mol. The summed E-state index contributed by atoms with van der Waals surface area (Å²) in [5.74, 6) is 1.01. The van der Waals surface area contributed by atoms with Crippen LogP contribution in [0.15, 0.2) is 72.8 Å². The first kappa shape index (κ1) is 26.2. The summed E-state index contributed by atoms with van der Waals surface area (Å²) in [4.78, 5) is 0. The van der Waals surface area contributed by atoms with E-state index in [1.807, 2.05) is 12.2 Å². The van der Waals surface area contributed by atoms with Crippen LogP contribution >= 0.6 is 0 Å². The van der Waals surface area contributed by atoms with Crippen molar-refractivity contribution in [3.05, 3.63) is 78.9 Å². The smallest absolute Gasteiger partial charge is 0.0771 e. The molecule has 0 aromatic heterocycles. The molecule has 1 fully saturated rings. The van der Waals surface area contributed by atoms with Gasteiger partial charge in [0.15, 0.2) is 0 Å². The van der Waals surface area contributed by atoms with Crippen molar-refractivity contribution >= 4 is 24.8 Å². The largest absolute Gasteiger partial charge is 1.00 e. The van der Waals surface area contributed by atoms with Gasteiger partial charge in [0, 0.05) is 0 Å². The van der Waals surface area contributed by atoms with E-state index in [1.165, 1.54) is 53.6 Å². The molecule has 2 aliphatic rings. The quantitative estimate of drug-likeness (QED) is 0.441. The molecule has 0 amide bonds. The van der Waals surface area contributed by atoms with Crippen LogP contribution in [0, 0.1) is 12.0 Å². The molecule has 0 bridgehead atoms. The zero-order valence-electron chi connectivity index (χ0n) is 17.0. The molecule has 152 valence electrons. The normalized spacial score (nSPS) is 14.9. The molecule has 3 heteroatoms. The van der Waals surface area contributed by atoms with E-state index in [0.29, 0.717) is 0 Å². The van der Waals surface area contributed by atoms with Crippen LogP contribution < -0.4 is 24.8 Å². The molecule has 1 saturated carbocycles. The molecule has 3 aromatic carbocycles. The van der Waals surface area contributed by atoms with Crippen molar-refractivity contribution in [3.63, 3.8) is 0 Å². The Morgan fingerprint density at radius 3 is 1.83 bits per heavy atom. The Kier molecular flexibility index (Phi) is 12.8. The molecule has 0 saturated heterocycles. The van der Waals surface area contributed by atoms with Crippen LogP contribution in [0.1, 0.15) is 45.4 Å². The predicted octanol–water partition coefficient (Wildman–Crippen LogP) is 1.33. The van der Waals surface area contributed by atoms with Gasteiger partial charge in [-0.25, -0.2) is 12.2 Å². The van der Waals surface area contributed by atoms with Gasteiger partial charge in [0.25, 0.3) is 0 Å². The van der Waals surface area contributed by atoms with Crippen LogP contribution in [0.2, 0.25) is 0 Å². The van der Waals surface area contributed by atoms with Gasteiger partial charge < -0.3 is 24.8 Å². The third-order valence-corrected chi connectivity index (χ3v) is 6.33. The van der Waals surface area contributed by atoms with Crippen molar-refractivity contribution in [2.45, 2.75) is 45.4 Å². The molecule has 0 nitrogen and oxygen atoms in total.